The third-order valence-electron chi connectivity index (χ3n) is 3.31. The van der Waals surface area contributed by atoms with E-state index in [0.717, 1.165) is 11.3 Å². The molecule has 0 aliphatic heterocycles. The molecule has 24 heavy (non-hydrogen) atoms. The summed E-state index contributed by atoms with van der Waals surface area (Å²) in [4.78, 5) is 11.9. The van der Waals surface area contributed by atoms with E-state index in [0.29, 0.717) is 17.3 Å². The van der Waals surface area contributed by atoms with Crippen molar-refractivity contribution in [2.75, 3.05) is 5.32 Å². The van der Waals surface area contributed by atoms with Crippen molar-refractivity contribution >= 4 is 23.3 Å². The lowest BCUT2D eigenvalue weighted by molar-refractivity contribution is 0.251. The number of hydrogen-bond acceptors (Lipinski definition) is 2. The summed E-state index contributed by atoms with van der Waals surface area (Å²) in [7, 11) is 0. The van der Waals surface area contributed by atoms with Crippen molar-refractivity contribution < 1.29 is 9.18 Å². The normalized spacial score (nSPS) is 10.4. The van der Waals surface area contributed by atoms with Gasteiger partial charge in [0.25, 0.3) is 0 Å². The summed E-state index contributed by atoms with van der Waals surface area (Å²) in [6, 6.07) is 12.8. The first-order valence-electron chi connectivity index (χ1n) is 7.21. The van der Waals surface area contributed by atoms with Crippen LogP contribution in [0.2, 0.25) is 5.02 Å². The van der Waals surface area contributed by atoms with Gasteiger partial charge < -0.3 is 10.6 Å². The van der Waals surface area contributed by atoms with Gasteiger partial charge in [0.1, 0.15) is 5.82 Å². The molecular weight excluding hydrogens is 331 g/mol. The second kappa shape index (κ2) is 7.14. The van der Waals surface area contributed by atoms with Crippen LogP contribution in [0.3, 0.4) is 0 Å². The number of nitrogens with zero attached hydrogens (tertiary/aromatic N) is 2. The number of nitrogens with one attached hydrogen (secondary N) is 2. The number of hydrogen-bond donors (Lipinski definition) is 2. The highest BCUT2D eigenvalue weighted by Crippen LogP contribution is 2.20. The van der Waals surface area contributed by atoms with Crippen LogP contribution in [0, 0.1) is 5.82 Å². The third-order valence-corrected chi connectivity index (χ3v) is 3.63. The first-order valence-corrected chi connectivity index (χ1v) is 7.58. The zero-order chi connectivity index (χ0) is 16.9. The molecule has 0 bridgehead atoms. The van der Waals surface area contributed by atoms with Crippen LogP contribution in [0.5, 0.6) is 0 Å². The molecule has 2 amide bonds. The van der Waals surface area contributed by atoms with Crippen molar-refractivity contribution in [2.24, 2.45) is 0 Å². The third kappa shape index (κ3) is 3.91. The summed E-state index contributed by atoms with van der Waals surface area (Å²) in [5.41, 5.74) is 2.06. The molecule has 5 nitrogen and oxygen atoms in total. The van der Waals surface area contributed by atoms with Crippen molar-refractivity contribution in [3.8, 4) is 5.69 Å². The molecule has 0 aliphatic rings. The fourth-order valence-electron chi connectivity index (χ4n) is 2.12. The number of urea groups is 1. The maximum Gasteiger partial charge on any atom is 0.319 e. The molecule has 0 radical (unpaired) electrons. The Hall–Kier alpha value is -2.86. The lowest BCUT2D eigenvalue weighted by Crippen LogP contribution is -2.28. The number of halogens is 2. The van der Waals surface area contributed by atoms with Gasteiger partial charge >= 0.3 is 6.03 Å². The highest BCUT2D eigenvalue weighted by Gasteiger charge is 2.07. The predicted molar refractivity (Wildman–Crippen MR) is 90.8 cm³/mol. The molecule has 0 aliphatic carbocycles. The molecule has 0 saturated carbocycles. The number of amides is 2. The summed E-state index contributed by atoms with van der Waals surface area (Å²) in [5, 5.41) is 10.1. The van der Waals surface area contributed by atoms with E-state index in [1.54, 1.807) is 29.1 Å². The first-order chi connectivity index (χ1) is 11.6. The van der Waals surface area contributed by atoms with E-state index in [1.165, 1.54) is 18.3 Å². The topological polar surface area (TPSA) is 59.0 Å². The fraction of sp³-hybridized carbons (Fsp3) is 0.0588. The number of benzene rings is 2. The molecule has 0 spiro atoms. The molecule has 2 aromatic carbocycles. The number of aromatic nitrogens is 2. The lowest BCUT2D eigenvalue weighted by atomic mass is 10.2. The standard InChI is InChI=1S/C17H14ClFN4O/c18-15-3-1-2-4-16(15)23-11-14(10-21-23)22-17(24)20-9-12-5-7-13(19)8-6-12/h1-8,10-11H,9H2,(H2,20,22,24). The Bertz CT molecular complexity index is 848. The summed E-state index contributed by atoms with van der Waals surface area (Å²) in [6.07, 6.45) is 3.19. The van der Waals surface area contributed by atoms with Gasteiger partial charge in [0.15, 0.2) is 0 Å². The van der Waals surface area contributed by atoms with E-state index in [1.807, 2.05) is 18.2 Å². The maximum atomic E-state index is 12.8. The predicted octanol–water partition coefficient (Wildman–Crippen LogP) is 3.99. The van der Waals surface area contributed by atoms with Gasteiger partial charge in [-0.3, -0.25) is 0 Å². The summed E-state index contributed by atoms with van der Waals surface area (Å²) in [6.45, 7) is 0.296. The van der Waals surface area contributed by atoms with Crippen molar-refractivity contribution in [2.45, 2.75) is 6.54 Å². The average molecular weight is 345 g/mol. The van der Waals surface area contributed by atoms with Crippen LogP contribution in [-0.2, 0) is 6.54 Å². The van der Waals surface area contributed by atoms with Crippen molar-refractivity contribution in [1.29, 1.82) is 0 Å². The number of carbonyl (C=O) groups excluding carboxylic acids is 1. The van der Waals surface area contributed by atoms with Gasteiger partial charge in [0.2, 0.25) is 0 Å². The fourth-order valence-corrected chi connectivity index (χ4v) is 2.34. The molecule has 0 atom stereocenters. The SMILES string of the molecule is O=C(NCc1ccc(F)cc1)Nc1cnn(-c2ccccc2Cl)c1. The van der Waals surface area contributed by atoms with Crippen molar-refractivity contribution in [3.63, 3.8) is 0 Å². The molecule has 7 heteroatoms. The van der Waals surface area contributed by atoms with Crippen LogP contribution in [0.25, 0.3) is 5.69 Å². The Morgan fingerprint density at radius 1 is 1.17 bits per heavy atom. The maximum absolute atomic E-state index is 12.8. The quantitative estimate of drug-likeness (QED) is 0.752. The second-order valence-electron chi connectivity index (χ2n) is 5.06. The largest absolute Gasteiger partial charge is 0.334 e. The molecule has 3 rings (SSSR count). The highest BCUT2D eigenvalue weighted by atomic mass is 35.5. The zero-order valence-corrected chi connectivity index (χ0v) is 13.3. The number of carbonyl (C=O) groups is 1. The Morgan fingerprint density at radius 2 is 1.92 bits per heavy atom. The van der Waals surface area contributed by atoms with Gasteiger partial charge in [-0.2, -0.15) is 5.10 Å². The van der Waals surface area contributed by atoms with Crippen LogP contribution in [0.4, 0.5) is 14.9 Å². The van der Waals surface area contributed by atoms with Gasteiger partial charge in [0.05, 0.1) is 28.8 Å². The first kappa shape index (κ1) is 16.0. The molecule has 0 saturated heterocycles. The van der Waals surface area contributed by atoms with E-state index in [9.17, 15) is 9.18 Å². The minimum absolute atomic E-state index is 0.296. The molecule has 0 unspecified atom stereocenters. The average Bonchev–Trinajstić information content (AvgIpc) is 3.03. The number of anilines is 1. The molecule has 1 aromatic heterocycles. The van der Waals surface area contributed by atoms with Gasteiger partial charge in [-0.1, -0.05) is 35.9 Å². The van der Waals surface area contributed by atoms with Crippen LogP contribution in [0.1, 0.15) is 5.56 Å². The smallest absolute Gasteiger partial charge is 0.319 e. The molecule has 122 valence electrons. The Kier molecular flexibility index (Phi) is 4.77. The van der Waals surface area contributed by atoms with E-state index in [2.05, 4.69) is 15.7 Å². The Balaban J connectivity index is 1.59. The van der Waals surface area contributed by atoms with E-state index in [4.69, 9.17) is 11.6 Å². The monoisotopic (exact) mass is 344 g/mol. The van der Waals surface area contributed by atoms with Crippen LogP contribution >= 0.6 is 11.6 Å². The molecular formula is C17H14ClFN4O. The molecule has 1 heterocycles. The van der Waals surface area contributed by atoms with Crippen molar-refractivity contribution in [1.82, 2.24) is 15.1 Å². The molecule has 0 fully saturated rings. The van der Waals surface area contributed by atoms with Crippen LogP contribution < -0.4 is 10.6 Å². The van der Waals surface area contributed by atoms with Gasteiger partial charge in [-0.05, 0) is 29.8 Å². The van der Waals surface area contributed by atoms with Crippen molar-refractivity contribution in [3.05, 3.63) is 77.3 Å². The van der Waals surface area contributed by atoms with E-state index in [-0.39, 0.29) is 11.8 Å². The Morgan fingerprint density at radius 3 is 2.67 bits per heavy atom. The zero-order valence-electron chi connectivity index (χ0n) is 12.5. The summed E-state index contributed by atoms with van der Waals surface area (Å²) in [5.74, 6) is -0.310. The summed E-state index contributed by atoms with van der Waals surface area (Å²) >= 11 is 6.12. The van der Waals surface area contributed by atoms with Crippen LogP contribution in [-0.4, -0.2) is 15.8 Å². The number of rotatable bonds is 4. The van der Waals surface area contributed by atoms with Gasteiger partial charge in [-0.15, -0.1) is 0 Å². The highest BCUT2D eigenvalue weighted by molar-refractivity contribution is 6.32. The van der Waals surface area contributed by atoms with E-state index < -0.39 is 0 Å². The summed E-state index contributed by atoms with van der Waals surface area (Å²) < 4.78 is 14.4. The second-order valence-corrected chi connectivity index (χ2v) is 5.47. The van der Waals surface area contributed by atoms with Crippen LogP contribution in [0.15, 0.2) is 60.9 Å². The van der Waals surface area contributed by atoms with Gasteiger partial charge in [0, 0.05) is 6.54 Å². The minimum Gasteiger partial charge on any atom is -0.334 e. The Labute approximate surface area is 143 Å². The van der Waals surface area contributed by atoms with Gasteiger partial charge in [-0.25, -0.2) is 13.9 Å². The lowest BCUT2D eigenvalue weighted by Gasteiger charge is -2.06. The van der Waals surface area contributed by atoms with E-state index >= 15 is 0 Å². The minimum atomic E-state index is -0.377. The number of para-hydroxylation sites is 1. The molecule has 3 aromatic rings. The molecule has 2 N–H and O–H groups in total.